The monoisotopic (exact) mass is 506 g/mol. The van der Waals surface area contributed by atoms with Gasteiger partial charge in [0.05, 0.1) is 49.9 Å². The summed E-state index contributed by atoms with van der Waals surface area (Å²) in [5, 5.41) is 10.6. The van der Waals surface area contributed by atoms with Crippen molar-refractivity contribution in [2.75, 3.05) is 14.2 Å². The molecule has 6 heteroatoms. The van der Waals surface area contributed by atoms with E-state index < -0.39 is 5.97 Å². The van der Waals surface area contributed by atoms with Crippen molar-refractivity contribution < 1.29 is 14.3 Å². The van der Waals surface area contributed by atoms with E-state index >= 15 is 0 Å². The first-order valence-corrected chi connectivity index (χ1v) is 12.5. The molecule has 0 bridgehead atoms. The molecule has 0 saturated carbocycles. The van der Waals surface area contributed by atoms with Gasteiger partial charge in [0, 0.05) is 0 Å². The van der Waals surface area contributed by atoms with Crippen LogP contribution in [0.5, 0.6) is 5.75 Å². The Balaban J connectivity index is 1.90. The number of esters is 1. The molecule has 38 heavy (non-hydrogen) atoms. The molecule has 0 aliphatic carbocycles. The number of carbonyl (C=O) groups excluding carboxylic acids is 1. The van der Waals surface area contributed by atoms with Gasteiger partial charge in [0.2, 0.25) is 0 Å². The van der Waals surface area contributed by atoms with Crippen LogP contribution in [0.25, 0.3) is 27.5 Å². The van der Waals surface area contributed by atoms with E-state index in [1.165, 1.54) is 7.11 Å². The number of ether oxygens (including phenoxy) is 2. The van der Waals surface area contributed by atoms with E-state index in [9.17, 15) is 14.9 Å². The molecule has 4 aromatic rings. The number of benzene rings is 3. The van der Waals surface area contributed by atoms with Gasteiger partial charge < -0.3 is 14.0 Å². The van der Waals surface area contributed by atoms with Crippen LogP contribution in [0.4, 0.5) is 0 Å². The smallest absolute Gasteiger partial charge is 0.310 e. The summed E-state index contributed by atoms with van der Waals surface area (Å²) in [4.78, 5) is 26.4. The lowest BCUT2D eigenvalue weighted by Gasteiger charge is -2.21. The second kappa shape index (κ2) is 11.6. The van der Waals surface area contributed by atoms with Gasteiger partial charge in [-0.25, -0.2) is 0 Å². The molecule has 0 atom stereocenters. The summed E-state index contributed by atoms with van der Waals surface area (Å²) in [7, 11) is 2.91. The van der Waals surface area contributed by atoms with E-state index in [-0.39, 0.29) is 12.0 Å². The van der Waals surface area contributed by atoms with Gasteiger partial charge in [-0.2, -0.15) is 5.26 Å². The summed E-state index contributed by atoms with van der Waals surface area (Å²) in [6.07, 6.45) is 1.54. The van der Waals surface area contributed by atoms with Crippen molar-refractivity contribution in [2.24, 2.45) is 0 Å². The first-order valence-electron chi connectivity index (χ1n) is 12.5. The predicted molar refractivity (Wildman–Crippen MR) is 150 cm³/mol. The highest BCUT2D eigenvalue weighted by atomic mass is 16.5. The van der Waals surface area contributed by atoms with Crippen LogP contribution in [-0.2, 0) is 22.5 Å². The molecule has 4 rings (SSSR count). The molecule has 0 spiro atoms. The largest absolute Gasteiger partial charge is 0.497 e. The van der Waals surface area contributed by atoms with Crippen LogP contribution in [-0.4, -0.2) is 24.8 Å². The van der Waals surface area contributed by atoms with E-state index in [1.807, 2.05) is 48.5 Å². The minimum Gasteiger partial charge on any atom is -0.497 e. The molecule has 0 amide bonds. The summed E-state index contributed by atoms with van der Waals surface area (Å²) >= 11 is 0. The minimum absolute atomic E-state index is 0.0154. The lowest BCUT2D eigenvalue weighted by atomic mass is 9.94. The number of fused-ring (bicyclic) bond motifs is 1. The zero-order valence-electron chi connectivity index (χ0n) is 21.9. The number of methoxy groups -OCH3 is 2. The number of pyridine rings is 1. The van der Waals surface area contributed by atoms with Gasteiger partial charge in [0.25, 0.3) is 5.56 Å². The summed E-state index contributed by atoms with van der Waals surface area (Å²) in [5.74, 6) is 0.171. The zero-order valence-corrected chi connectivity index (χ0v) is 21.9. The Bertz CT molecular complexity index is 1610. The molecule has 0 aliphatic rings. The Morgan fingerprint density at radius 2 is 1.76 bits per heavy atom. The molecular formula is C32H30N2O4. The maximum atomic E-state index is 13.9. The maximum Gasteiger partial charge on any atom is 0.310 e. The number of nitrogens with zero attached hydrogens (tertiary/aromatic N) is 2. The molecule has 0 saturated heterocycles. The number of nitriles is 1. The van der Waals surface area contributed by atoms with Crippen molar-refractivity contribution in [2.45, 2.75) is 32.7 Å². The Labute approximate surface area is 222 Å². The van der Waals surface area contributed by atoms with Gasteiger partial charge in [0.15, 0.2) is 0 Å². The second-order valence-corrected chi connectivity index (χ2v) is 9.09. The van der Waals surface area contributed by atoms with Gasteiger partial charge in [-0.3, -0.25) is 9.59 Å². The maximum absolute atomic E-state index is 13.9. The summed E-state index contributed by atoms with van der Waals surface area (Å²) in [5.41, 5.74) is 5.27. The third-order valence-corrected chi connectivity index (χ3v) is 6.67. The predicted octanol–water partition coefficient (Wildman–Crippen LogP) is 6.13. The first-order chi connectivity index (χ1) is 18.4. The van der Waals surface area contributed by atoms with Crippen LogP contribution in [0.15, 0.2) is 78.1 Å². The third kappa shape index (κ3) is 5.23. The van der Waals surface area contributed by atoms with Crippen molar-refractivity contribution in [3.63, 3.8) is 0 Å². The molecule has 6 nitrogen and oxygen atoms in total. The van der Waals surface area contributed by atoms with Crippen LogP contribution in [0.3, 0.4) is 0 Å². The Morgan fingerprint density at radius 1 is 1.03 bits per heavy atom. The van der Waals surface area contributed by atoms with Gasteiger partial charge in [0.1, 0.15) is 5.75 Å². The molecule has 1 heterocycles. The average molecular weight is 507 g/mol. The second-order valence-electron chi connectivity index (χ2n) is 9.09. The fraction of sp³-hybridized carbons (Fsp3) is 0.219. The summed E-state index contributed by atoms with van der Waals surface area (Å²) in [6.45, 7) is 6.64. The van der Waals surface area contributed by atoms with E-state index in [1.54, 1.807) is 29.9 Å². The minimum atomic E-state index is -0.390. The Hall–Kier alpha value is -4.63. The topological polar surface area (TPSA) is 81.3 Å². The highest BCUT2D eigenvalue weighted by molar-refractivity contribution is 5.93. The lowest BCUT2D eigenvalue weighted by molar-refractivity contribution is -0.139. The van der Waals surface area contributed by atoms with Crippen LogP contribution in [0.1, 0.15) is 42.1 Å². The van der Waals surface area contributed by atoms with Crippen molar-refractivity contribution in [1.29, 1.82) is 5.26 Å². The average Bonchev–Trinajstić information content (AvgIpc) is 2.95. The fourth-order valence-corrected chi connectivity index (χ4v) is 4.80. The highest BCUT2D eigenvalue weighted by Gasteiger charge is 2.22. The van der Waals surface area contributed by atoms with Gasteiger partial charge in [-0.15, -0.1) is 0 Å². The summed E-state index contributed by atoms with van der Waals surface area (Å²) < 4.78 is 12.1. The van der Waals surface area contributed by atoms with Gasteiger partial charge >= 0.3 is 5.97 Å². The number of allylic oxidation sites excluding steroid dienone is 1. The molecule has 192 valence electrons. The van der Waals surface area contributed by atoms with Gasteiger partial charge in [-0.05, 0) is 57.8 Å². The number of hydrogen-bond acceptors (Lipinski definition) is 5. The number of aromatic nitrogens is 1. The molecule has 0 aliphatic heterocycles. The van der Waals surface area contributed by atoms with E-state index in [0.29, 0.717) is 46.3 Å². The normalized spacial score (nSPS) is 10.7. The van der Waals surface area contributed by atoms with Gasteiger partial charge in [-0.1, -0.05) is 68.5 Å². The van der Waals surface area contributed by atoms with Crippen molar-refractivity contribution in [3.05, 3.63) is 106 Å². The molecule has 0 unspecified atom stereocenters. The molecule has 0 fully saturated rings. The zero-order chi connectivity index (χ0) is 27.2. The molecular weight excluding hydrogens is 476 g/mol. The van der Waals surface area contributed by atoms with Crippen LogP contribution < -0.4 is 10.3 Å². The van der Waals surface area contributed by atoms with E-state index in [2.05, 4.69) is 19.6 Å². The van der Waals surface area contributed by atoms with E-state index in [4.69, 9.17) is 9.47 Å². The molecule has 3 aromatic carbocycles. The number of carbonyl (C=O) groups is 1. The van der Waals surface area contributed by atoms with E-state index in [0.717, 1.165) is 28.7 Å². The van der Waals surface area contributed by atoms with Crippen LogP contribution >= 0.6 is 0 Å². The van der Waals surface area contributed by atoms with Crippen LogP contribution in [0.2, 0.25) is 0 Å². The third-order valence-electron chi connectivity index (χ3n) is 6.67. The lowest BCUT2D eigenvalue weighted by Crippen LogP contribution is -2.27. The molecule has 1 aromatic heterocycles. The fourth-order valence-electron chi connectivity index (χ4n) is 4.80. The molecule has 0 N–H and O–H groups in total. The summed E-state index contributed by atoms with van der Waals surface area (Å²) in [6, 6.07) is 22.8. The van der Waals surface area contributed by atoms with Crippen molar-refractivity contribution in [1.82, 2.24) is 4.57 Å². The quantitative estimate of drug-likeness (QED) is 0.255. The first kappa shape index (κ1) is 26.4. The SMILES string of the molecule is C=C(CCC)c1c(CC(=O)OC)c2ccc(OC)cc2c(=O)n1Cc1ccc(-c2ccccc2C#N)cc1. The molecule has 0 radical (unpaired) electrons. The van der Waals surface area contributed by atoms with Crippen molar-refractivity contribution >= 4 is 22.3 Å². The Kier molecular flexibility index (Phi) is 8.08. The standard InChI is InChI=1S/C32H30N2O4/c1-5-8-21(2)31-28(18-30(35)38-4)27-16-15-25(37-3)17-29(27)32(36)34(31)20-22-11-13-23(14-12-22)26-10-7-6-9-24(26)19-33/h6-7,9-17H,2,5,8,18,20H2,1,3-4H3. The highest BCUT2D eigenvalue weighted by Crippen LogP contribution is 2.31. The van der Waals surface area contributed by atoms with Crippen LogP contribution in [0, 0.1) is 11.3 Å². The number of rotatable bonds is 9. The number of hydrogen-bond donors (Lipinski definition) is 0. The Morgan fingerprint density at radius 3 is 2.42 bits per heavy atom. The van der Waals surface area contributed by atoms with Crippen molar-refractivity contribution in [3.8, 4) is 22.9 Å².